The van der Waals surface area contributed by atoms with E-state index in [-0.39, 0.29) is 30.8 Å². The van der Waals surface area contributed by atoms with Gasteiger partial charge in [0.25, 0.3) is 15.8 Å². The quantitative estimate of drug-likeness (QED) is 0.0809. The number of aliphatic hydroxyl groups excluding tert-OH is 4. The van der Waals surface area contributed by atoms with E-state index in [0.29, 0.717) is 10.8 Å². The number of aliphatic carboxylic acids is 1. The summed E-state index contributed by atoms with van der Waals surface area (Å²) < 4.78 is 37.0. The molecule has 1 aliphatic heterocycles. The van der Waals surface area contributed by atoms with Gasteiger partial charge in [-0.15, -0.1) is 4.83 Å². The monoisotopic (exact) mass is 656 g/mol. The van der Waals surface area contributed by atoms with Crippen LogP contribution < -0.4 is 20.5 Å². The number of nitrogens with zero attached hydrogens (tertiary/aromatic N) is 1. The molecule has 0 aromatic heterocycles. The van der Waals surface area contributed by atoms with Gasteiger partial charge in [0.05, 0.1) is 30.3 Å². The van der Waals surface area contributed by atoms with Crippen LogP contribution in [0.25, 0.3) is 10.8 Å². The molecule has 17 heteroatoms. The Morgan fingerprint density at radius 3 is 2.40 bits per heavy atom. The second-order valence-corrected chi connectivity index (χ2v) is 12.5. The summed E-state index contributed by atoms with van der Waals surface area (Å²) in [4.78, 5) is 40.1. The molecule has 6 atom stereocenters. The molecule has 2 aromatic carbocycles. The normalized spacial score (nSPS) is 23.2. The molecule has 1 saturated heterocycles. The summed E-state index contributed by atoms with van der Waals surface area (Å²) in [6.45, 7) is -0.0828. The fraction of sp³-hybridized carbons (Fsp3) is 0.536. The molecular weight excluding hydrogens is 616 g/mol. The Kier molecular flexibility index (Phi) is 12.2. The van der Waals surface area contributed by atoms with Gasteiger partial charge >= 0.3 is 5.97 Å². The number of carboxylic acid groups (broad SMARTS) is 1. The van der Waals surface area contributed by atoms with E-state index in [9.17, 15) is 48.3 Å². The van der Waals surface area contributed by atoms with Gasteiger partial charge in [0, 0.05) is 50.3 Å². The first kappa shape index (κ1) is 36.1. The molecule has 8 N–H and O–H groups in total. The highest BCUT2D eigenvalue weighted by molar-refractivity contribution is 7.89. The molecule has 2 aromatic rings. The summed E-state index contributed by atoms with van der Waals surface area (Å²) in [6.07, 6.45) is -7.52. The van der Waals surface area contributed by atoms with Crippen LogP contribution in [0.3, 0.4) is 0 Å². The van der Waals surface area contributed by atoms with Crippen molar-refractivity contribution >= 4 is 44.3 Å². The van der Waals surface area contributed by atoms with Gasteiger partial charge in [-0.2, -0.15) is 0 Å². The Balaban J connectivity index is 1.58. The number of amides is 2. The number of carbonyl (C=O) groups excluding carboxylic acids is 2. The van der Waals surface area contributed by atoms with E-state index in [0.717, 1.165) is 12.6 Å². The predicted molar refractivity (Wildman–Crippen MR) is 159 cm³/mol. The zero-order chi connectivity index (χ0) is 33.5. The number of ether oxygens (including phenoxy) is 2. The van der Waals surface area contributed by atoms with Crippen molar-refractivity contribution in [3.8, 4) is 0 Å². The molecule has 1 heterocycles. The molecule has 0 bridgehead atoms. The molecule has 250 valence electrons. The van der Waals surface area contributed by atoms with Gasteiger partial charge in [-0.3, -0.25) is 15.0 Å². The van der Waals surface area contributed by atoms with Gasteiger partial charge in [0.15, 0.2) is 0 Å². The number of nitrogens with one attached hydrogen (secondary N) is 3. The van der Waals surface area contributed by atoms with Crippen molar-refractivity contribution in [2.75, 3.05) is 32.2 Å². The highest BCUT2D eigenvalue weighted by Gasteiger charge is 2.55. The third kappa shape index (κ3) is 8.65. The van der Waals surface area contributed by atoms with Crippen molar-refractivity contribution in [1.29, 1.82) is 0 Å². The van der Waals surface area contributed by atoms with E-state index in [1.807, 2.05) is 25.1 Å². The Morgan fingerprint density at radius 2 is 1.78 bits per heavy atom. The molecule has 0 aliphatic carbocycles. The molecular formula is C28H40N4O12S. The first-order chi connectivity index (χ1) is 21.1. The number of anilines is 1. The molecule has 1 fully saturated rings. The fourth-order valence-electron chi connectivity index (χ4n) is 5.03. The zero-order valence-corrected chi connectivity index (χ0v) is 25.9. The summed E-state index contributed by atoms with van der Waals surface area (Å²) >= 11 is 0. The van der Waals surface area contributed by atoms with Crippen LogP contribution in [-0.4, -0.2) is 115 Å². The van der Waals surface area contributed by atoms with E-state index < -0.39 is 77.1 Å². The SMILES string of the molecule is CC(=O)NC1C(O)CC(OCCCCC(=O)NNS(=O)(=O)c2cccc3c(N(C)C)cccc23)(C(=O)O)OC1[C@H](O)[C@H](O)CO. The van der Waals surface area contributed by atoms with Crippen LogP contribution in [0, 0.1) is 0 Å². The molecule has 2 amide bonds. The summed E-state index contributed by atoms with van der Waals surface area (Å²) in [5, 5.41) is 53.7. The van der Waals surface area contributed by atoms with E-state index in [1.54, 1.807) is 24.3 Å². The average molecular weight is 657 g/mol. The lowest BCUT2D eigenvalue weighted by Crippen LogP contribution is -2.67. The summed E-state index contributed by atoms with van der Waals surface area (Å²) in [5.74, 6) is -5.43. The van der Waals surface area contributed by atoms with Crippen LogP contribution in [0.4, 0.5) is 5.69 Å². The summed E-state index contributed by atoms with van der Waals surface area (Å²) in [7, 11) is -0.471. The summed E-state index contributed by atoms with van der Waals surface area (Å²) in [5.41, 5.74) is 2.98. The maximum atomic E-state index is 13.0. The first-order valence-electron chi connectivity index (χ1n) is 14.1. The third-order valence-electron chi connectivity index (χ3n) is 7.28. The van der Waals surface area contributed by atoms with Gasteiger partial charge in [0.1, 0.15) is 18.3 Å². The molecule has 0 spiro atoms. The van der Waals surface area contributed by atoms with Gasteiger partial charge in [-0.1, -0.05) is 24.3 Å². The number of hydrogen-bond donors (Lipinski definition) is 8. The number of unbranched alkanes of at least 4 members (excludes halogenated alkanes) is 1. The number of rotatable bonds is 15. The van der Waals surface area contributed by atoms with E-state index in [4.69, 9.17) is 9.47 Å². The topological polar surface area (TPSA) is 244 Å². The second-order valence-electron chi connectivity index (χ2n) is 10.9. The van der Waals surface area contributed by atoms with E-state index in [1.165, 1.54) is 6.07 Å². The number of aliphatic hydroxyl groups is 4. The largest absolute Gasteiger partial charge is 0.477 e. The number of sulfonamides is 1. The summed E-state index contributed by atoms with van der Waals surface area (Å²) in [6, 6.07) is 8.73. The number of carbonyl (C=O) groups is 3. The Bertz CT molecular complexity index is 1470. The van der Waals surface area contributed by atoms with Crippen molar-refractivity contribution < 1.29 is 57.8 Å². The van der Waals surface area contributed by atoms with Crippen LogP contribution in [0.15, 0.2) is 41.3 Å². The maximum absolute atomic E-state index is 13.0. The van der Waals surface area contributed by atoms with E-state index in [2.05, 4.69) is 15.6 Å². The van der Waals surface area contributed by atoms with Crippen LogP contribution in [-0.2, 0) is 33.9 Å². The number of hydrogen-bond acceptors (Lipinski definition) is 12. The lowest BCUT2D eigenvalue weighted by Gasteiger charge is -2.46. The second kappa shape index (κ2) is 15.2. The lowest BCUT2D eigenvalue weighted by atomic mass is 9.88. The zero-order valence-electron chi connectivity index (χ0n) is 25.0. The minimum absolute atomic E-state index is 0.0262. The van der Waals surface area contributed by atoms with Crippen molar-refractivity contribution in [2.24, 2.45) is 0 Å². The number of fused-ring (bicyclic) bond motifs is 1. The minimum atomic E-state index is -4.14. The maximum Gasteiger partial charge on any atom is 0.364 e. The van der Waals surface area contributed by atoms with Crippen LogP contribution >= 0.6 is 0 Å². The van der Waals surface area contributed by atoms with Gasteiger partial charge in [-0.25, -0.2) is 13.2 Å². The highest BCUT2D eigenvalue weighted by atomic mass is 32.2. The molecule has 4 unspecified atom stereocenters. The van der Waals surface area contributed by atoms with Crippen molar-refractivity contribution in [3.05, 3.63) is 36.4 Å². The molecule has 16 nitrogen and oxygen atoms in total. The predicted octanol–water partition coefficient (Wildman–Crippen LogP) is -1.45. The number of hydrazine groups is 1. The number of benzene rings is 2. The van der Waals surface area contributed by atoms with Crippen LogP contribution in [0.2, 0.25) is 0 Å². The first-order valence-corrected chi connectivity index (χ1v) is 15.6. The smallest absolute Gasteiger partial charge is 0.364 e. The molecule has 3 rings (SSSR count). The van der Waals surface area contributed by atoms with Crippen LogP contribution in [0.5, 0.6) is 0 Å². The minimum Gasteiger partial charge on any atom is -0.477 e. The van der Waals surface area contributed by atoms with Crippen molar-refractivity contribution in [2.45, 2.75) is 73.7 Å². The molecule has 0 radical (unpaired) electrons. The van der Waals surface area contributed by atoms with Crippen molar-refractivity contribution in [1.82, 2.24) is 15.6 Å². The van der Waals surface area contributed by atoms with Gasteiger partial charge in [-0.05, 0) is 25.0 Å². The highest BCUT2D eigenvalue weighted by Crippen LogP contribution is 2.34. The van der Waals surface area contributed by atoms with Crippen LogP contribution in [0.1, 0.15) is 32.6 Å². The lowest BCUT2D eigenvalue weighted by molar-refractivity contribution is -0.311. The number of carboxylic acids is 1. The molecule has 0 saturated carbocycles. The fourth-order valence-corrected chi connectivity index (χ4v) is 6.12. The van der Waals surface area contributed by atoms with Gasteiger partial charge in [0.2, 0.25) is 11.8 Å². The molecule has 1 aliphatic rings. The van der Waals surface area contributed by atoms with Gasteiger partial charge < -0.3 is 45.2 Å². The standard InChI is InChI=1S/C28H40N4O12S/c1-16(34)29-24-20(35)14-28(27(39)40,44-26(24)25(38)21(36)15-33)43-13-5-4-12-23(37)30-31-45(41,42)22-11-7-8-17-18(22)9-6-10-19(17)32(2)3/h6-11,20-21,24-26,31,33,35-36,38H,4-5,12-15H2,1-3H3,(H,29,34)(H,30,37)(H,39,40)/t20?,21-,24?,25-,26?,28?/m1/s1. The Hall–Kier alpha value is -3.42. The third-order valence-corrected chi connectivity index (χ3v) is 8.58. The van der Waals surface area contributed by atoms with Crippen molar-refractivity contribution in [3.63, 3.8) is 0 Å². The Labute approximate surface area is 259 Å². The Morgan fingerprint density at radius 1 is 1.11 bits per heavy atom. The molecule has 45 heavy (non-hydrogen) atoms. The average Bonchev–Trinajstić information content (AvgIpc) is 2.99. The van der Waals surface area contributed by atoms with E-state index >= 15 is 0 Å².